The van der Waals surface area contributed by atoms with Crippen LogP contribution >= 0.6 is 12.4 Å². The molecule has 1 fully saturated rings. The van der Waals surface area contributed by atoms with Gasteiger partial charge in [-0.2, -0.15) is 0 Å². The van der Waals surface area contributed by atoms with Crippen LogP contribution in [0.15, 0.2) is 24.3 Å². The van der Waals surface area contributed by atoms with E-state index < -0.39 is 5.41 Å². The fourth-order valence-electron chi connectivity index (χ4n) is 2.89. The first-order chi connectivity index (χ1) is 10.5. The lowest BCUT2D eigenvalue weighted by molar-refractivity contribution is -0.124. The van der Waals surface area contributed by atoms with Gasteiger partial charge in [0, 0.05) is 23.8 Å². The second-order valence-corrected chi connectivity index (χ2v) is 6.35. The molecule has 2 amide bonds. The van der Waals surface area contributed by atoms with E-state index in [1.807, 2.05) is 13.8 Å². The number of amides is 2. The summed E-state index contributed by atoms with van der Waals surface area (Å²) in [5.41, 5.74) is 6.68. The van der Waals surface area contributed by atoms with Gasteiger partial charge >= 0.3 is 0 Å². The summed E-state index contributed by atoms with van der Waals surface area (Å²) >= 11 is 0. The normalized spacial score (nSPS) is 15.8. The summed E-state index contributed by atoms with van der Waals surface area (Å²) in [4.78, 5) is 24.3. The van der Waals surface area contributed by atoms with Crippen LogP contribution in [0.4, 0.5) is 5.69 Å². The Labute approximate surface area is 143 Å². The first-order valence-corrected chi connectivity index (χ1v) is 7.89. The third-order valence-corrected chi connectivity index (χ3v) is 4.26. The van der Waals surface area contributed by atoms with Gasteiger partial charge in [0.05, 0.1) is 5.41 Å². The lowest BCUT2D eigenvalue weighted by Gasteiger charge is -2.25. The number of rotatable bonds is 5. The van der Waals surface area contributed by atoms with E-state index in [1.54, 1.807) is 24.3 Å². The summed E-state index contributed by atoms with van der Waals surface area (Å²) in [6.07, 6.45) is 3.81. The van der Waals surface area contributed by atoms with Gasteiger partial charge in [-0.25, -0.2) is 0 Å². The first kappa shape index (κ1) is 19.5. The Morgan fingerprint density at radius 3 is 2.22 bits per heavy atom. The molecule has 1 aliphatic carbocycles. The van der Waals surface area contributed by atoms with Gasteiger partial charge in [0.2, 0.25) is 5.91 Å². The summed E-state index contributed by atoms with van der Waals surface area (Å²) < 4.78 is 0. The molecule has 0 atom stereocenters. The summed E-state index contributed by atoms with van der Waals surface area (Å²) in [7, 11) is 0. The molecule has 1 aromatic rings. The van der Waals surface area contributed by atoms with Crippen LogP contribution in [0, 0.1) is 5.41 Å². The van der Waals surface area contributed by atoms with Crippen LogP contribution in [0.1, 0.15) is 49.9 Å². The minimum atomic E-state index is -0.423. The molecule has 23 heavy (non-hydrogen) atoms. The summed E-state index contributed by atoms with van der Waals surface area (Å²) in [5, 5.41) is 5.77. The van der Waals surface area contributed by atoms with Crippen LogP contribution in [-0.4, -0.2) is 24.4 Å². The number of nitrogens with two attached hydrogens (primary N) is 1. The Balaban J connectivity index is 0.00000264. The molecule has 6 heteroatoms. The molecule has 2 rings (SSSR count). The van der Waals surface area contributed by atoms with Crippen molar-refractivity contribution in [3.05, 3.63) is 29.8 Å². The Kier molecular flexibility index (Phi) is 7.03. The molecular weight excluding hydrogens is 314 g/mol. The topological polar surface area (TPSA) is 84.2 Å². The molecule has 4 N–H and O–H groups in total. The quantitative estimate of drug-likeness (QED) is 0.771. The van der Waals surface area contributed by atoms with E-state index in [1.165, 1.54) is 0 Å². The van der Waals surface area contributed by atoms with Crippen LogP contribution < -0.4 is 16.4 Å². The third kappa shape index (κ3) is 4.69. The number of carbonyl (C=O) groups excluding carboxylic acids is 2. The second kappa shape index (κ2) is 8.31. The van der Waals surface area contributed by atoms with Gasteiger partial charge < -0.3 is 16.4 Å². The molecule has 0 saturated heterocycles. The molecule has 0 unspecified atom stereocenters. The number of benzene rings is 1. The van der Waals surface area contributed by atoms with Crippen molar-refractivity contribution in [2.75, 3.05) is 11.9 Å². The number of hydrogen-bond donors (Lipinski definition) is 3. The zero-order valence-electron chi connectivity index (χ0n) is 13.7. The fraction of sp³-hybridized carbons (Fsp3) is 0.529. The van der Waals surface area contributed by atoms with Crippen molar-refractivity contribution in [3.63, 3.8) is 0 Å². The summed E-state index contributed by atoms with van der Waals surface area (Å²) in [6, 6.07) is 7.05. The highest BCUT2D eigenvalue weighted by atomic mass is 35.5. The predicted molar refractivity (Wildman–Crippen MR) is 94.9 cm³/mol. The van der Waals surface area contributed by atoms with Crippen molar-refractivity contribution >= 4 is 29.9 Å². The summed E-state index contributed by atoms with van der Waals surface area (Å²) in [6.45, 7) is 4.22. The highest BCUT2D eigenvalue weighted by molar-refractivity contribution is 5.97. The average Bonchev–Trinajstić information content (AvgIpc) is 2.97. The van der Waals surface area contributed by atoms with Crippen molar-refractivity contribution in [3.8, 4) is 0 Å². The second-order valence-electron chi connectivity index (χ2n) is 6.35. The molecule has 0 spiro atoms. The minimum absolute atomic E-state index is 0. The van der Waals surface area contributed by atoms with E-state index in [4.69, 9.17) is 5.73 Å². The van der Waals surface area contributed by atoms with Crippen LogP contribution in [0.2, 0.25) is 0 Å². The molecule has 0 bridgehead atoms. The Morgan fingerprint density at radius 2 is 1.74 bits per heavy atom. The maximum atomic E-state index is 12.5. The largest absolute Gasteiger partial charge is 0.350 e. The number of halogens is 1. The zero-order chi connectivity index (χ0) is 16.2. The Hall–Kier alpha value is -1.59. The van der Waals surface area contributed by atoms with E-state index in [-0.39, 0.29) is 30.3 Å². The van der Waals surface area contributed by atoms with Crippen LogP contribution in [0.25, 0.3) is 0 Å². The van der Waals surface area contributed by atoms with E-state index >= 15 is 0 Å². The zero-order valence-corrected chi connectivity index (χ0v) is 14.5. The highest BCUT2D eigenvalue weighted by Gasteiger charge is 2.39. The Morgan fingerprint density at radius 1 is 1.17 bits per heavy atom. The van der Waals surface area contributed by atoms with Crippen molar-refractivity contribution in [1.29, 1.82) is 0 Å². The van der Waals surface area contributed by atoms with Crippen molar-refractivity contribution in [2.24, 2.45) is 11.1 Å². The van der Waals surface area contributed by atoms with Crippen molar-refractivity contribution in [1.82, 2.24) is 5.32 Å². The van der Waals surface area contributed by atoms with Gasteiger partial charge in [-0.15, -0.1) is 12.4 Å². The Bertz CT molecular complexity index is 537. The van der Waals surface area contributed by atoms with Gasteiger partial charge in [0.25, 0.3) is 5.91 Å². The minimum Gasteiger partial charge on any atom is -0.350 e. The van der Waals surface area contributed by atoms with Gasteiger partial charge in [-0.3, -0.25) is 9.59 Å². The molecular formula is C17H26ClN3O2. The molecule has 0 radical (unpaired) electrons. The lowest BCUT2D eigenvalue weighted by Crippen LogP contribution is -2.40. The van der Waals surface area contributed by atoms with E-state index in [0.29, 0.717) is 17.8 Å². The SMILES string of the molecule is CC(C)NC(=O)c1ccc(NC(=O)C2(CN)CCCC2)cc1.Cl. The molecule has 0 aromatic heterocycles. The predicted octanol–water partition coefficient (Wildman–Crippen LogP) is 2.70. The number of hydrogen-bond acceptors (Lipinski definition) is 3. The third-order valence-electron chi connectivity index (χ3n) is 4.26. The van der Waals surface area contributed by atoms with E-state index in [9.17, 15) is 9.59 Å². The molecule has 0 aliphatic heterocycles. The number of anilines is 1. The number of nitrogens with one attached hydrogen (secondary N) is 2. The highest BCUT2D eigenvalue weighted by Crippen LogP contribution is 2.38. The van der Waals surface area contributed by atoms with Crippen LogP contribution in [-0.2, 0) is 4.79 Å². The smallest absolute Gasteiger partial charge is 0.251 e. The molecule has 128 valence electrons. The van der Waals surface area contributed by atoms with Gasteiger partial charge in [-0.1, -0.05) is 12.8 Å². The maximum absolute atomic E-state index is 12.5. The average molecular weight is 340 g/mol. The van der Waals surface area contributed by atoms with Gasteiger partial charge in [0.15, 0.2) is 0 Å². The first-order valence-electron chi connectivity index (χ1n) is 7.89. The monoisotopic (exact) mass is 339 g/mol. The molecule has 1 aliphatic rings. The fourth-order valence-corrected chi connectivity index (χ4v) is 2.89. The molecule has 1 aromatic carbocycles. The maximum Gasteiger partial charge on any atom is 0.251 e. The van der Waals surface area contributed by atoms with E-state index in [0.717, 1.165) is 25.7 Å². The lowest BCUT2D eigenvalue weighted by atomic mass is 9.85. The van der Waals surface area contributed by atoms with Gasteiger partial charge in [0.1, 0.15) is 0 Å². The van der Waals surface area contributed by atoms with Gasteiger partial charge in [-0.05, 0) is 51.0 Å². The molecule has 1 saturated carbocycles. The molecule has 5 nitrogen and oxygen atoms in total. The van der Waals surface area contributed by atoms with Crippen molar-refractivity contribution < 1.29 is 9.59 Å². The van der Waals surface area contributed by atoms with E-state index in [2.05, 4.69) is 10.6 Å². The molecule has 0 heterocycles. The standard InChI is InChI=1S/C17H25N3O2.ClH/c1-12(2)19-15(21)13-5-7-14(8-6-13)20-16(22)17(11-18)9-3-4-10-17;/h5-8,12H,3-4,9-11,18H2,1-2H3,(H,19,21)(H,20,22);1H. The van der Waals surface area contributed by atoms with Crippen molar-refractivity contribution in [2.45, 2.75) is 45.6 Å². The number of carbonyl (C=O) groups is 2. The van der Waals surface area contributed by atoms with Crippen LogP contribution in [0.5, 0.6) is 0 Å². The summed E-state index contributed by atoms with van der Waals surface area (Å²) in [5.74, 6) is -0.117. The van der Waals surface area contributed by atoms with Crippen LogP contribution in [0.3, 0.4) is 0 Å².